The molecule has 114 valence electrons. The van der Waals surface area contributed by atoms with Crippen LogP contribution in [0, 0.1) is 0 Å². The molecule has 4 nitrogen and oxygen atoms in total. The predicted molar refractivity (Wildman–Crippen MR) is 76.9 cm³/mol. The largest absolute Gasteiger partial charge is 0.416 e. The monoisotopic (exact) mass is 373 g/mol. The van der Waals surface area contributed by atoms with Crippen LogP contribution in [0.5, 0.6) is 0 Å². The number of nitrogens with zero attached hydrogens (tertiary/aromatic N) is 2. The van der Waals surface area contributed by atoms with E-state index in [9.17, 15) is 13.2 Å². The number of alkyl halides is 3. The molecule has 1 unspecified atom stereocenters. The predicted octanol–water partition coefficient (Wildman–Crippen LogP) is 2.44. The van der Waals surface area contributed by atoms with E-state index in [4.69, 9.17) is 5.11 Å². The summed E-state index contributed by atoms with van der Waals surface area (Å²) in [5.41, 5.74) is 0. The van der Waals surface area contributed by atoms with Gasteiger partial charge in [0.25, 0.3) is 0 Å². The van der Waals surface area contributed by atoms with Crippen molar-refractivity contribution in [2.75, 3.05) is 20.6 Å². The molecule has 0 bridgehead atoms. The maximum atomic E-state index is 12.2. The molecule has 0 aliphatic carbocycles. The van der Waals surface area contributed by atoms with Gasteiger partial charge in [-0.1, -0.05) is 0 Å². The Morgan fingerprint density at radius 1 is 1.55 bits per heavy atom. The van der Waals surface area contributed by atoms with E-state index in [-0.39, 0.29) is 5.96 Å². The molecule has 1 atom stereocenters. The summed E-state index contributed by atoms with van der Waals surface area (Å²) >= 11 is 4.88. The number of aliphatic imine (C=N–C) groups is 1. The number of guanidine groups is 1. The van der Waals surface area contributed by atoms with Gasteiger partial charge >= 0.3 is 6.18 Å². The molecule has 0 aliphatic heterocycles. The van der Waals surface area contributed by atoms with E-state index in [2.05, 4.69) is 26.2 Å². The van der Waals surface area contributed by atoms with Crippen LogP contribution in [0.3, 0.4) is 0 Å². The minimum atomic E-state index is -4.64. The van der Waals surface area contributed by atoms with Crippen LogP contribution in [-0.2, 0) is 6.54 Å². The van der Waals surface area contributed by atoms with Crippen LogP contribution in [0.1, 0.15) is 4.88 Å². The number of aliphatic hydroxyl groups excluding tert-OH is 1. The second-order valence-electron chi connectivity index (χ2n) is 4.05. The minimum Gasteiger partial charge on any atom is -0.382 e. The molecule has 1 rings (SSSR count). The van der Waals surface area contributed by atoms with Crippen molar-refractivity contribution in [3.8, 4) is 0 Å². The number of halogens is 4. The zero-order valence-corrected chi connectivity index (χ0v) is 13.3. The van der Waals surface area contributed by atoms with Crippen LogP contribution in [0.15, 0.2) is 20.9 Å². The first-order valence-electron chi connectivity index (χ1n) is 5.64. The fourth-order valence-electron chi connectivity index (χ4n) is 1.43. The van der Waals surface area contributed by atoms with Crippen molar-refractivity contribution in [1.82, 2.24) is 10.2 Å². The smallest absolute Gasteiger partial charge is 0.382 e. The van der Waals surface area contributed by atoms with E-state index < -0.39 is 18.8 Å². The normalized spacial score (nSPS) is 14.2. The molecule has 0 aromatic carbocycles. The average molecular weight is 374 g/mol. The number of nitrogens with one attached hydrogen (secondary N) is 1. The Bertz CT molecular complexity index is 464. The van der Waals surface area contributed by atoms with Crippen LogP contribution < -0.4 is 5.32 Å². The molecular weight excluding hydrogens is 359 g/mol. The van der Waals surface area contributed by atoms with Gasteiger partial charge in [0.2, 0.25) is 0 Å². The second kappa shape index (κ2) is 7.28. The molecule has 1 heterocycles. The number of hydrogen-bond acceptors (Lipinski definition) is 3. The highest BCUT2D eigenvalue weighted by Crippen LogP contribution is 2.23. The molecule has 0 fully saturated rings. The molecule has 1 aromatic heterocycles. The van der Waals surface area contributed by atoms with Gasteiger partial charge in [0.1, 0.15) is 0 Å². The fourth-order valence-corrected chi connectivity index (χ4v) is 2.97. The van der Waals surface area contributed by atoms with E-state index in [0.29, 0.717) is 6.54 Å². The Balaban J connectivity index is 2.54. The van der Waals surface area contributed by atoms with Gasteiger partial charge < -0.3 is 15.3 Å². The minimum absolute atomic E-state index is 0.290. The zero-order valence-electron chi connectivity index (χ0n) is 10.9. The number of aliphatic hydroxyl groups is 1. The standard InChI is InChI=1S/C11H15BrF3N3OS/c1-16-10(17-5-8(19)11(13,14)15)18(2)6-7-3-4-9(12)20-7/h3-4,8,19H,5-6H2,1-2H3,(H,16,17). The van der Waals surface area contributed by atoms with Crippen LogP contribution in [0.4, 0.5) is 13.2 Å². The van der Waals surface area contributed by atoms with Gasteiger partial charge in [0.15, 0.2) is 12.1 Å². The van der Waals surface area contributed by atoms with E-state index in [1.165, 1.54) is 18.4 Å². The molecule has 2 N–H and O–H groups in total. The maximum absolute atomic E-state index is 12.2. The second-order valence-corrected chi connectivity index (χ2v) is 6.59. The summed E-state index contributed by atoms with van der Waals surface area (Å²) in [5, 5.41) is 11.4. The molecule has 20 heavy (non-hydrogen) atoms. The Morgan fingerprint density at radius 3 is 2.65 bits per heavy atom. The summed E-state index contributed by atoms with van der Waals surface area (Å²) in [6.45, 7) is -0.118. The lowest BCUT2D eigenvalue weighted by atomic mass is 10.3. The van der Waals surface area contributed by atoms with Crippen molar-refractivity contribution in [1.29, 1.82) is 0 Å². The molecule has 0 spiro atoms. The maximum Gasteiger partial charge on any atom is 0.416 e. The third-order valence-corrected chi connectivity index (χ3v) is 4.04. The summed E-state index contributed by atoms with van der Waals surface area (Å²) in [6.07, 6.45) is -7.05. The van der Waals surface area contributed by atoms with E-state index in [1.807, 2.05) is 12.1 Å². The van der Waals surface area contributed by atoms with Crippen molar-refractivity contribution in [2.24, 2.45) is 4.99 Å². The van der Waals surface area contributed by atoms with Gasteiger partial charge in [-0.3, -0.25) is 4.99 Å². The van der Waals surface area contributed by atoms with E-state index >= 15 is 0 Å². The summed E-state index contributed by atoms with van der Waals surface area (Å²) in [4.78, 5) is 6.61. The molecule has 1 aromatic rings. The van der Waals surface area contributed by atoms with Gasteiger partial charge in [-0.05, 0) is 28.1 Å². The number of rotatable bonds is 4. The summed E-state index contributed by atoms with van der Waals surface area (Å²) in [7, 11) is 3.19. The molecule has 9 heteroatoms. The first-order valence-corrected chi connectivity index (χ1v) is 7.25. The van der Waals surface area contributed by atoms with Gasteiger partial charge in [-0.2, -0.15) is 13.2 Å². The Kier molecular flexibility index (Phi) is 6.28. The Labute approximate surface area is 127 Å². The van der Waals surface area contributed by atoms with Gasteiger partial charge in [-0.15, -0.1) is 11.3 Å². The Hall–Kier alpha value is -0.800. The number of thiophene rings is 1. The average Bonchev–Trinajstić information content (AvgIpc) is 2.74. The van der Waals surface area contributed by atoms with E-state index in [1.54, 1.807) is 11.9 Å². The highest BCUT2D eigenvalue weighted by molar-refractivity contribution is 9.11. The quantitative estimate of drug-likeness (QED) is 0.629. The molecule has 0 saturated heterocycles. The van der Waals surface area contributed by atoms with Crippen LogP contribution in [0.2, 0.25) is 0 Å². The van der Waals surface area contributed by atoms with Crippen LogP contribution in [-0.4, -0.2) is 48.9 Å². The summed E-state index contributed by atoms with van der Waals surface area (Å²) < 4.78 is 37.6. The van der Waals surface area contributed by atoms with Crippen molar-refractivity contribution in [3.63, 3.8) is 0 Å². The van der Waals surface area contributed by atoms with Gasteiger partial charge in [0, 0.05) is 19.0 Å². The summed E-state index contributed by atoms with van der Waals surface area (Å²) in [5.74, 6) is 0.290. The van der Waals surface area contributed by atoms with Crippen LogP contribution >= 0.6 is 27.3 Å². The zero-order chi connectivity index (χ0) is 15.3. The third-order valence-electron chi connectivity index (χ3n) is 2.43. The molecular formula is C11H15BrF3N3OS. The first-order chi connectivity index (χ1) is 9.24. The van der Waals surface area contributed by atoms with Crippen molar-refractivity contribution in [2.45, 2.75) is 18.8 Å². The lowest BCUT2D eigenvalue weighted by Crippen LogP contribution is -2.45. The van der Waals surface area contributed by atoms with Gasteiger partial charge in [-0.25, -0.2) is 0 Å². The SMILES string of the molecule is CN=C(NCC(O)C(F)(F)F)N(C)Cc1ccc(Br)s1. The molecule has 0 aliphatic rings. The third kappa shape index (κ3) is 5.29. The molecule has 0 amide bonds. The van der Waals surface area contributed by atoms with Crippen molar-refractivity contribution < 1.29 is 18.3 Å². The van der Waals surface area contributed by atoms with Gasteiger partial charge in [0.05, 0.1) is 16.9 Å². The van der Waals surface area contributed by atoms with Crippen molar-refractivity contribution in [3.05, 3.63) is 20.8 Å². The van der Waals surface area contributed by atoms with Crippen LogP contribution in [0.25, 0.3) is 0 Å². The van der Waals surface area contributed by atoms with Crippen molar-refractivity contribution >= 4 is 33.2 Å². The fraction of sp³-hybridized carbons (Fsp3) is 0.545. The molecule has 0 saturated carbocycles. The molecule has 0 radical (unpaired) electrons. The lowest BCUT2D eigenvalue weighted by molar-refractivity contribution is -0.201. The van der Waals surface area contributed by atoms with E-state index in [0.717, 1.165) is 8.66 Å². The summed E-state index contributed by atoms with van der Waals surface area (Å²) in [6, 6.07) is 3.82. The first kappa shape index (κ1) is 17.3. The highest BCUT2D eigenvalue weighted by atomic mass is 79.9. The Morgan fingerprint density at radius 2 is 2.20 bits per heavy atom. The topological polar surface area (TPSA) is 47.9 Å². The highest BCUT2D eigenvalue weighted by Gasteiger charge is 2.38. The lowest BCUT2D eigenvalue weighted by Gasteiger charge is -2.23. The number of hydrogen-bond donors (Lipinski definition) is 2.